The van der Waals surface area contributed by atoms with Gasteiger partial charge in [-0.25, -0.2) is 4.98 Å². The van der Waals surface area contributed by atoms with E-state index in [0.29, 0.717) is 6.61 Å². The fourth-order valence-corrected chi connectivity index (χ4v) is 4.86. The minimum atomic E-state index is -0.776. The van der Waals surface area contributed by atoms with Gasteiger partial charge in [0.2, 0.25) is 0 Å². The van der Waals surface area contributed by atoms with E-state index in [9.17, 15) is 9.90 Å². The van der Waals surface area contributed by atoms with Crippen molar-refractivity contribution in [2.45, 2.75) is 43.4 Å². The van der Waals surface area contributed by atoms with Gasteiger partial charge in [0, 0.05) is 36.5 Å². The molecule has 2 unspecified atom stereocenters. The number of aromatic nitrogens is 2. The van der Waals surface area contributed by atoms with E-state index in [1.54, 1.807) is 12.4 Å². The lowest BCUT2D eigenvalue weighted by Crippen LogP contribution is -2.15. The number of nitrogens with zero attached hydrogens (tertiary/aromatic N) is 2. The summed E-state index contributed by atoms with van der Waals surface area (Å²) in [5.41, 5.74) is 4.10. The number of hydrogen-bond acceptors (Lipinski definition) is 5. The Morgan fingerprint density at radius 1 is 1.19 bits per heavy atom. The molecule has 0 saturated heterocycles. The van der Waals surface area contributed by atoms with E-state index in [1.165, 1.54) is 5.56 Å². The van der Waals surface area contributed by atoms with Gasteiger partial charge >= 0.3 is 5.97 Å². The number of rotatable bonds is 8. The van der Waals surface area contributed by atoms with Crippen LogP contribution in [-0.4, -0.2) is 34.2 Å². The Balaban J connectivity index is 1.21. The lowest BCUT2D eigenvalue weighted by atomic mass is 9.89. The molecule has 0 amide bonds. The highest BCUT2D eigenvalue weighted by atomic mass is 16.5. The molecule has 2 N–H and O–H groups in total. The molecule has 0 bridgehead atoms. The van der Waals surface area contributed by atoms with E-state index >= 15 is 0 Å². The second-order valence-electron chi connectivity index (χ2n) is 8.73. The third kappa shape index (κ3) is 4.17. The van der Waals surface area contributed by atoms with Gasteiger partial charge < -0.3 is 15.2 Å². The van der Waals surface area contributed by atoms with Crippen molar-refractivity contribution in [2.75, 3.05) is 18.5 Å². The molecule has 6 nitrogen and oxygen atoms in total. The molecular weight excluding hydrogens is 402 g/mol. The molecule has 1 aliphatic carbocycles. The number of ether oxygens (including phenoxy) is 1. The zero-order valence-electron chi connectivity index (χ0n) is 18.0. The average molecular weight is 430 g/mol. The number of benzene rings is 1. The Bertz CT molecular complexity index is 1100. The number of carboxylic acids is 1. The van der Waals surface area contributed by atoms with E-state index in [0.717, 1.165) is 60.6 Å². The van der Waals surface area contributed by atoms with Crippen molar-refractivity contribution >= 4 is 11.8 Å². The smallest absolute Gasteiger partial charge is 0.304 e. The molecular formula is C26H27N3O3. The van der Waals surface area contributed by atoms with Crippen LogP contribution in [0.3, 0.4) is 0 Å². The molecule has 5 rings (SSSR count). The van der Waals surface area contributed by atoms with Gasteiger partial charge in [-0.2, -0.15) is 0 Å². The summed E-state index contributed by atoms with van der Waals surface area (Å²) >= 11 is 0. The zero-order chi connectivity index (χ0) is 22.0. The average Bonchev–Trinajstić information content (AvgIpc) is 3.54. The standard InChI is InChI=1S/C26H27N3O3/c30-24(31)16-26(20-4-2-12-27-17-20)15-23(26)18-6-9-22(10-7-18)32-14-11-21-8-5-19-3-1-13-28-25(19)29-21/h2,4-10,12,17,23H,1,3,11,13-16H2,(H,28,29)(H,30,31). The van der Waals surface area contributed by atoms with E-state index in [1.807, 2.05) is 24.3 Å². The molecule has 2 atom stereocenters. The Morgan fingerprint density at radius 2 is 2.06 bits per heavy atom. The number of carbonyl (C=O) groups is 1. The number of anilines is 1. The molecule has 6 heteroatoms. The summed E-state index contributed by atoms with van der Waals surface area (Å²) in [5, 5.41) is 12.8. The predicted octanol–water partition coefficient (Wildman–Crippen LogP) is 4.36. The molecule has 1 aromatic carbocycles. The maximum absolute atomic E-state index is 11.5. The molecule has 3 aromatic rings. The molecule has 0 radical (unpaired) electrons. The van der Waals surface area contributed by atoms with Gasteiger partial charge in [-0.05, 0) is 66.1 Å². The van der Waals surface area contributed by atoms with Crippen molar-refractivity contribution in [1.82, 2.24) is 9.97 Å². The number of pyridine rings is 2. The summed E-state index contributed by atoms with van der Waals surface area (Å²) < 4.78 is 5.95. The highest BCUT2D eigenvalue weighted by Crippen LogP contribution is 2.62. The van der Waals surface area contributed by atoms with Gasteiger partial charge in [0.1, 0.15) is 11.6 Å². The first-order chi connectivity index (χ1) is 15.6. The normalized spacial score (nSPS) is 21.3. The Labute approximate surface area is 187 Å². The second-order valence-corrected chi connectivity index (χ2v) is 8.73. The van der Waals surface area contributed by atoms with Crippen molar-refractivity contribution in [3.63, 3.8) is 0 Å². The molecule has 2 aliphatic rings. The van der Waals surface area contributed by atoms with Gasteiger partial charge in [0.25, 0.3) is 0 Å². The van der Waals surface area contributed by atoms with E-state index < -0.39 is 5.97 Å². The number of fused-ring (bicyclic) bond motifs is 1. The maximum atomic E-state index is 11.5. The monoisotopic (exact) mass is 429 g/mol. The van der Waals surface area contributed by atoms with Crippen molar-refractivity contribution in [3.05, 3.63) is 83.3 Å². The van der Waals surface area contributed by atoms with Crippen LogP contribution in [0.15, 0.2) is 60.9 Å². The lowest BCUT2D eigenvalue weighted by Gasteiger charge is -2.17. The van der Waals surface area contributed by atoms with Crippen LogP contribution in [0.25, 0.3) is 0 Å². The van der Waals surface area contributed by atoms with Crippen LogP contribution in [0.1, 0.15) is 47.6 Å². The van der Waals surface area contributed by atoms with Crippen molar-refractivity contribution in [2.24, 2.45) is 0 Å². The first-order valence-electron chi connectivity index (χ1n) is 11.2. The van der Waals surface area contributed by atoms with Crippen molar-refractivity contribution in [1.29, 1.82) is 0 Å². The fraction of sp³-hybridized carbons (Fsp3) is 0.346. The fourth-order valence-electron chi connectivity index (χ4n) is 4.86. The summed E-state index contributed by atoms with van der Waals surface area (Å²) in [6, 6.07) is 16.2. The molecule has 3 heterocycles. The summed E-state index contributed by atoms with van der Waals surface area (Å²) in [6.07, 6.45) is 7.46. The van der Waals surface area contributed by atoms with Crippen molar-refractivity contribution in [3.8, 4) is 5.75 Å². The Kier molecular flexibility index (Phi) is 5.52. The quantitative estimate of drug-likeness (QED) is 0.554. The van der Waals surface area contributed by atoms with Crippen LogP contribution >= 0.6 is 0 Å². The zero-order valence-corrected chi connectivity index (χ0v) is 18.0. The first kappa shape index (κ1) is 20.5. The molecule has 1 fully saturated rings. The second kappa shape index (κ2) is 8.61. The van der Waals surface area contributed by atoms with Crippen LogP contribution in [0, 0.1) is 0 Å². The predicted molar refractivity (Wildman–Crippen MR) is 122 cm³/mol. The Morgan fingerprint density at radius 3 is 2.84 bits per heavy atom. The molecule has 164 valence electrons. The van der Waals surface area contributed by atoms with Gasteiger partial charge in [-0.3, -0.25) is 9.78 Å². The van der Waals surface area contributed by atoms with E-state index in [2.05, 4.69) is 34.6 Å². The highest BCUT2D eigenvalue weighted by molar-refractivity contribution is 5.71. The van der Waals surface area contributed by atoms with Crippen LogP contribution in [0.4, 0.5) is 5.82 Å². The summed E-state index contributed by atoms with van der Waals surface area (Å²) in [6.45, 7) is 1.55. The Hall–Kier alpha value is -3.41. The third-order valence-corrected chi connectivity index (χ3v) is 6.64. The number of nitrogens with one attached hydrogen (secondary N) is 1. The molecule has 1 saturated carbocycles. The van der Waals surface area contributed by atoms with Crippen LogP contribution < -0.4 is 10.1 Å². The van der Waals surface area contributed by atoms with Gasteiger partial charge in [0.05, 0.1) is 13.0 Å². The van der Waals surface area contributed by atoms with Crippen molar-refractivity contribution < 1.29 is 14.6 Å². The van der Waals surface area contributed by atoms with Crippen LogP contribution in [0.5, 0.6) is 5.75 Å². The molecule has 1 aliphatic heterocycles. The summed E-state index contributed by atoms with van der Waals surface area (Å²) in [7, 11) is 0. The lowest BCUT2D eigenvalue weighted by molar-refractivity contribution is -0.137. The minimum Gasteiger partial charge on any atom is -0.493 e. The van der Waals surface area contributed by atoms with E-state index in [-0.39, 0.29) is 17.8 Å². The highest BCUT2D eigenvalue weighted by Gasteiger charge is 2.57. The first-order valence-corrected chi connectivity index (χ1v) is 11.2. The topological polar surface area (TPSA) is 84.3 Å². The molecule has 32 heavy (non-hydrogen) atoms. The molecule has 0 spiro atoms. The minimum absolute atomic E-state index is 0.115. The largest absolute Gasteiger partial charge is 0.493 e. The number of carboxylic acid groups (broad SMARTS) is 1. The van der Waals surface area contributed by atoms with Gasteiger partial charge in [0.15, 0.2) is 0 Å². The van der Waals surface area contributed by atoms with Gasteiger partial charge in [-0.1, -0.05) is 24.3 Å². The van der Waals surface area contributed by atoms with Gasteiger partial charge in [-0.15, -0.1) is 0 Å². The van der Waals surface area contributed by atoms with E-state index in [4.69, 9.17) is 9.72 Å². The number of hydrogen-bond donors (Lipinski definition) is 2. The summed E-state index contributed by atoms with van der Waals surface area (Å²) in [4.78, 5) is 20.4. The SMILES string of the molecule is O=C(O)CC1(c2cccnc2)CC1c1ccc(OCCc2ccc3c(n2)NCCC3)cc1. The maximum Gasteiger partial charge on any atom is 0.304 e. The number of aliphatic carboxylic acids is 1. The third-order valence-electron chi connectivity index (χ3n) is 6.64. The molecule has 2 aromatic heterocycles. The van der Waals surface area contributed by atoms with Crippen LogP contribution in [-0.2, 0) is 23.1 Å². The number of aryl methyl sites for hydroxylation is 1. The summed E-state index contributed by atoms with van der Waals surface area (Å²) in [5.74, 6) is 1.24. The van der Waals surface area contributed by atoms with Crippen LogP contribution in [0.2, 0.25) is 0 Å².